The van der Waals surface area contributed by atoms with Gasteiger partial charge in [-0.15, -0.1) is 0 Å². The molecule has 0 radical (unpaired) electrons. The number of hydrogen-bond acceptors (Lipinski definition) is 4. The molecule has 0 aromatic heterocycles. The summed E-state index contributed by atoms with van der Waals surface area (Å²) >= 11 is 0. The molecule has 0 aliphatic carbocycles. The highest BCUT2D eigenvalue weighted by Gasteiger charge is 2.26. The quantitative estimate of drug-likeness (QED) is 0.849. The summed E-state index contributed by atoms with van der Waals surface area (Å²) in [6.07, 6.45) is 0.647. The van der Waals surface area contributed by atoms with Crippen LogP contribution in [-0.2, 0) is 17.8 Å². The predicted molar refractivity (Wildman–Crippen MR) is 98.1 cm³/mol. The maximum Gasteiger partial charge on any atom is 0.231 e. The fourth-order valence-electron chi connectivity index (χ4n) is 2.96. The van der Waals surface area contributed by atoms with Crippen LogP contribution in [0.5, 0.6) is 11.5 Å². The van der Waals surface area contributed by atoms with E-state index in [2.05, 4.69) is 17.6 Å². The highest BCUT2D eigenvalue weighted by Crippen LogP contribution is 2.31. The lowest BCUT2D eigenvalue weighted by atomic mass is 9.95. The minimum atomic E-state index is -0.216. The zero-order valence-electron chi connectivity index (χ0n) is 14.7. The molecule has 2 N–H and O–H groups in total. The monoisotopic (exact) mass is 340 g/mol. The number of fused-ring (bicyclic) bond motifs is 1. The Morgan fingerprint density at radius 2 is 2.12 bits per heavy atom. The van der Waals surface area contributed by atoms with Crippen LogP contribution in [0.1, 0.15) is 18.1 Å². The average molecular weight is 340 g/mol. The molecule has 25 heavy (non-hydrogen) atoms. The Hall–Kier alpha value is -2.53. The van der Waals surface area contributed by atoms with E-state index >= 15 is 0 Å². The Morgan fingerprint density at radius 3 is 2.92 bits per heavy atom. The number of ether oxygens (including phenoxy) is 2. The zero-order chi connectivity index (χ0) is 17.6. The highest BCUT2D eigenvalue weighted by atomic mass is 16.5. The fourth-order valence-corrected chi connectivity index (χ4v) is 2.96. The van der Waals surface area contributed by atoms with Gasteiger partial charge >= 0.3 is 0 Å². The number of para-hydroxylation sites is 1. The lowest BCUT2D eigenvalue weighted by molar-refractivity contribution is -0.121. The van der Waals surface area contributed by atoms with Crippen LogP contribution in [0.15, 0.2) is 42.5 Å². The summed E-state index contributed by atoms with van der Waals surface area (Å²) in [6.45, 7) is 4.07. The third-order valence-electron chi connectivity index (χ3n) is 4.39. The minimum absolute atomic E-state index is 0.0163. The van der Waals surface area contributed by atoms with Gasteiger partial charge in [-0.1, -0.05) is 25.1 Å². The largest absolute Gasteiger partial charge is 0.497 e. The highest BCUT2D eigenvalue weighted by molar-refractivity contribution is 5.93. The smallest absolute Gasteiger partial charge is 0.231 e. The second kappa shape index (κ2) is 8.03. The van der Waals surface area contributed by atoms with Gasteiger partial charge < -0.3 is 20.1 Å². The first-order valence-corrected chi connectivity index (χ1v) is 8.60. The van der Waals surface area contributed by atoms with Gasteiger partial charge in [0.1, 0.15) is 18.1 Å². The molecular weight excluding hydrogens is 316 g/mol. The number of carbonyl (C=O) groups is 1. The molecule has 1 atom stereocenters. The van der Waals surface area contributed by atoms with Gasteiger partial charge in [-0.2, -0.15) is 0 Å². The second-order valence-electron chi connectivity index (χ2n) is 6.11. The molecule has 1 aliphatic rings. The summed E-state index contributed by atoms with van der Waals surface area (Å²) < 4.78 is 11.0. The van der Waals surface area contributed by atoms with E-state index < -0.39 is 0 Å². The van der Waals surface area contributed by atoms with Crippen molar-refractivity contribution in [2.24, 2.45) is 5.92 Å². The molecule has 1 unspecified atom stereocenters. The normalized spacial score (nSPS) is 15.8. The van der Waals surface area contributed by atoms with Crippen LogP contribution in [0.3, 0.4) is 0 Å². The van der Waals surface area contributed by atoms with Gasteiger partial charge in [-0.25, -0.2) is 0 Å². The third-order valence-corrected chi connectivity index (χ3v) is 4.39. The topological polar surface area (TPSA) is 59.6 Å². The van der Waals surface area contributed by atoms with Gasteiger partial charge in [0, 0.05) is 12.2 Å². The van der Waals surface area contributed by atoms with Crippen molar-refractivity contribution in [3.8, 4) is 11.5 Å². The number of anilines is 1. The molecule has 0 fully saturated rings. The number of carbonyl (C=O) groups excluding carboxylic acids is 1. The van der Waals surface area contributed by atoms with Crippen LogP contribution >= 0.6 is 0 Å². The Balaban J connectivity index is 1.70. The lowest BCUT2D eigenvalue weighted by Crippen LogP contribution is -2.33. The first kappa shape index (κ1) is 17.3. The van der Waals surface area contributed by atoms with Gasteiger partial charge in [0.05, 0.1) is 13.0 Å². The van der Waals surface area contributed by atoms with Crippen LogP contribution < -0.4 is 20.1 Å². The summed E-state index contributed by atoms with van der Waals surface area (Å²) in [4.78, 5) is 12.7. The summed E-state index contributed by atoms with van der Waals surface area (Å²) in [6, 6.07) is 13.6. The van der Waals surface area contributed by atoms with Gasteiger partial charge in [0.15, 0.2) is 0 Å². The van der Waals surface area contributed by atoms with Crippen LogP contribution in [0.2, 0.25) is 0 Å². The van der Waals surface area contributed by atoms with Crippen LogP contribution in [-0.4, -0.2) is 26.2 Å². The van der Waals surface area contributed by atoms with Crippen molar-refractivity contribution in [1.82, 2.24) is 5.32 Å². The van der Waals surface area contributed by atoms with Crippen molar-refractivity contribution in [1.29, 1.82) is 0 Å². The molecule has 3 rings (SSSR count). The standard InChI is InChI=1S/C20H24N2O3/c1-3-21-12-14-6-4-5-7-18(14)22-20(23)16-10-15-11-17(24-2)8-9-19(15)25-13-16/h4-9,11,16,21H,3,10,12-13H2,1-2H3,(H,22,23). The first-order valence-electron chi connectivity index (χ1n) is 8.60. The maximum absolute atomic E-state index is 12.7. The van der Waals surface area contributed by atoms with Crippen molar-refractivity contribution in [3.63, 3.8) is 0 Å². The maximum atomic E-state index is 12.7. The van der Waals surface area contributed by atoms with Gasteiger partial charge in [-0.3, -0.25) is 4.79 Å². The SMILES string of the molecule is CCNCc1ccccc1NC(=O)C1COc2ccc(OC)cc2C1. The first-order chi connectivity index (χ1) is 12.2. The summed E-state index contributed by atoms with van der Waals surface area (Å²) in [5, 5.41) is 6.35. The molecule has 0 saturated carbocycles. The fraction of sp³-hybridized carbons (Fsp3) is 0.350. The molecular formula is C20H24N2O3. The molecule has 1 heterocycles. The molecule has 1 amide bonds. The molecule has 0 spiro atoms. The predicted octanol–water partition coefficient (Wildman–Crippen LogP) is 2.99. The van der Waals surface area contributed by atoms with E-state index in [4.69, 9.17) is 9.47 Å². The van der Waals surface area contributed by atoms with Crippen LogP contribution in [0.4, 0.5) is 5.69 Å². The van der Waals surface area contributed by atoms with E-state index in [1.165, 1.54) is 0 Å². The van der Waals surface area contributed by atoms with E-state index in [0.29, 0.717) is 13.0 Å². The number of nitrogens with one attached hydrogen (secondary N) is 2. The summed E-state index contributed by atoms with van der Waals surface area (Å²) in [5.74, 6) is 1.38. The third kappa shape index (κ3) is 4.12. The van der Waals surface area contributed by atoms with Gasteiger partial charge in [0.25, 0.3) is 0 Å². The molecule has 5 heteroatoms. The van der Waals surface area contributed by atoms with Crippen molar-refractivity contribution in [2.75, 3.05) is 25.6 Å². The number of amides is 1. The Labute approximate surface area is 148 Å². The van der Waals surface area contributed by atoms with Gasteiger partial charge in [-0.05, 0) is 48.4 Å². The van der Waals surface area contributed by atoms with Crippen molar-refractivity contribution in [2.45, 2.75) is 19.9 Å². The average Bonchev–Trinajstić information content (AvgIpc) is 2.66. The molecule has 5 nitrogen and oxygen atoms in total. The van der Waals surface area contributed by atoms with E-state index in [-0.39, 0.29) is 11.8 Å². The molecule has 0 saturated heterocycles. The molecule has 1 aliphatic heterocycles. The number of rotatable bonds is 6. The molecule has 2 aromatic rings. The summed E-state index contributed by atoms with van der Waals surface area (Å²) in [5.41, 5.74) is 2.94. The van der Waals surface area contributed by atoms with Crippen LogP contribution in [0.25, 0.3) is 0 Å². The van der Waals surface area contributed by atoms with Gasteiger partial charge in [0.2, 0.25) is 5.91 Å². The van der Waals surface area contributed by atoms with E-state index in [1.54, 1.807) is 7.11 Å². The number of hydrogen-bond donors (Lipinski definition) is 2. The Kier molecular flexibility index (Phi) is 5.56. The van der Waals surface area contributed by atoms with Crippen molar-refractivity contribution >= 4 is 11.6 Å². The van der Waals surface area contributed by atoms with E-state index in [9.17, 15) is 4.79 Å². The van der Waals surface area contributed by atoms with E-state index in [1.807, 2.05) is 42.5 Å². The lowest BCUT2D eigenvalue weighted by Gasteiger charge is -2.25. The molecule has 0 bridgehead atoms. The Morgan fingerprint density at radius 1 is 1.28 bits per heavy atom. The van der Waals surface area contributed by atoms with Crippen molar-refractivity contribution in [3.05, 3.63) is 53.6 Å². The minimum Gasteiger partial charge on any atom is -0.497 e. The van der Waals surface area contributed by atoms with Crippen molar-refractivity contribution < 1.29 is 14.3 Å². The molecule has 2 aromatic carbocycles. The molecule has 132 valence electrons. The second-order valence-corrected chi connectivity index (χ2v) is 6.11. The summed E-state index contributed by atoms with van der Waals surface area (Å²) in [7, 11) is 1.64. The number of benzene rings is 2. The Bertz CT molecular complexity index is 745. The van der Waals surface area contributed by atoms with Crippen LogP contribution in [0, 0.1) is 5.92 Å². The number of methoxy groups -OCH3 is 1. The zero-order valence-corrected chi connectivity index (χ0v) is 14.7. The van der Waals surface area contributed by atoms with E-state index in [0.717, 1.165) is 41.4 Å².